The van der Waals surface area contributed by atoms with Crippen molar-refractivity contribution in [3.63, 3.8) is 0 Å². The number of amides is 1. The normalized spacial score (nSPS) is 22.2. The third-order valence-corrected chi connectivity index (χ3v) is 20.5. The van der Waals surface area contributed by atoms with Crippen molar-refractivity contribution in [1.82, 2.24) is 5.32 Å². The van der Waals surface area contributed by atoms with Gasteiger partial charge in [-0.3, -0.25) is 4.79 Å². The first-order valence-electron chi connectivity index (χ1n) is 41.7. The minimum atomic E-state index is -1.79. The molecule has 572 valence electrons. The monoisotopic (exact) mass is 1380 g/mol. The standard InChI is InChI=1S/C83H157NO13/c1-3-5-7-9-11-13-15-17-19-21-23-25-27-29-31-33-34-35-36-37-38-39-41-43-45-47-49-51-53-55-57-59-61-63-65-67-75(88)84-71(70-94-82-80(93)78(91)81(74(69-86)96-82)97-83-79(92)77(90)76(89)73(68-85)95-83)72(87)66-64-62-60-58-56-54-52-50-48-46-44-42-40-32-30-28-26-24-22-20-18-16-14-12-10-8-6-4-2/h21,23,56,58,64,66,71-74,76-83,85-87,89-93H,3-20,22,24-55,57,59-63,65,67-70H2,1-2H3,(H,84,88)/b23-21-,58-56+,66-64+. The number of ether oxygens (including phenoxy) is 4. The number of aliphatic hydroxyl groups is 8. The highest BCUT2D eigenvalue weighted by atomic mass is 16.7. The van der Waals surface area contributed by atoms with Gasteiger partial charge in [-0.2, -0.15) is 0 Å². The zero-order valence-electron chi connectivity index (χ0n) is 62.9. The van der Waals surface area contributed by atoms with Gasteiger partial charge in [-0.1, -0.05) is 365 Å². The molecular formula is C83H157NO13. The van der Waals surface area contributed by atoms with Crippen LogP contribution in [0.25, 0.3) is 0 Å². The third kappa shape index (κ3) is 50.3. The van der Waals surface area contributed by atoms with Crippen molar-refractivity contribution in [2.75, 3.05) is 19.8 Å². The molecule has 12 atom stereocenters. The van der Waals surface area contributed by atoms with Crippen LogP contribution in [0.5, 0.6) is 0 Å². The Morgan fingerprint density at radius 2 is 0.660 bits per heavy atom. The highest BCUT2D eigenvalue weighted by molar-refractivity contribution is 5.76. The molecule has 0 aromatic carbocycles. The van der Waals surface area contributed by atoms with Crippen molar-refractivity contribution in [2.24, 2.45) is 0 Å². The van der Waals surface area contributed by atoms with Crippen molar-refractivity contribution in [3.8, 4) is 0 Å². The number of unbranched alkanes of at least 4 members (excludes halogenated alkanes) is 54. The van der Waals surface area contributed by atoms with Crippen LogP contribution in [-0.2, 0) is 23.7 Å². The molecule has 9 N–H and O–H groups in total. The number of allylic oxidation sites excluding steroid dienone is 5. The molecule has 2 heterocycles. The molecular weight excluding hydrogens is 1220 g/mol. The average molecular weight is 1380 g/mol. The fourth-order valence-electron chi connectivity index (χ4n) is 14.0. The van der Waals surface area contributed by atoms with Gasteiger partial charge in [0.15, 0.2) is 12.6 Å². The van der Waals surface area contributed by atoms with Crippen molar-refractivity contribution in [3.05, 3.63) is 36.5 Å². The van der Waals surface area contributed by atoms with Crippen LogP contribution >= 0.6 is 0 Å². The third-order valence-electron chi connectivity index (χ3n) is 20.5. The topological polar surface area (TPSA) is 228 Å². The van der Waals surface area contributed by atoms with E-state index in [0.29, 0.717) is 12.8 Å². The molecule has 0 radical (unpaired) electrons. The first-order chi connectivity index (χ1) is 47.6. The van der Waals surface area contributed by atoms with Gasteiger partial charge in [-0.15, -0.1) is 0 Å². The molecule has 0 saturated carbocycles. The molecule has 0 bridgehead atoms. The number of aliphatic hydroxyl groups excluding tert-OH is 8. The van der Waals surface area contributed by atoms with Gasteiger partial charge < -0.3 is 65.1 Å². The van der Waals surface area contributed by atoms with Crippen LogP contribution in [0.3, 0.4) is 0 Å². The lowest BCUT2D eigenvalue weighted by Crippen LogP contribution is -2.65. The Morgan fingerprint density at radius 1 is 0.361 bits per heavy atom. The summed E-state index contributed by atoms with van der Waals surface area (Å²) in [5.74, 6) is -0.240. The first-order valence-corrected chi connectivity index (χ1v) is 41.7. The summed E-state index contributed by atoms with van der Waals surface area (Å²) in [7, 11) is 0. The molecule has 2 aliphatic rings. The number of hydrogen-bond donors (Lipinski definition) is 9. The maximum Gasteiger partial charge on any atom is 0.220 e. The van der Waals surface area contributed by atoms with E-state index >= 15 is 0 Å². The van der Waals surface area contributed by atoms with Gasteiger partial charge >= 0.3 is 0 Å². The summed E-state index contributed by atoms with van der Waals surface area (Å²) in [6.07, 6.45) is 72.5. The van der Waals surface area contributed by atoms with E-state index in [4.69, 9.17) is 18.9 Å². The molecule has 2 fully saturated rings. The van der Waals surface area contributed by atoms with Crippen molar-refractivity contribution < 1.29 is 64.6 Å². The number of hydrogen-bond acceptors (Lipinski definition) is 13. The van der Waals surface area contributed by atoms with Crippen LogP contribution in [0.4, 0.5) is 0 Å². The van der Waals surface area contributed by atoms with Gasteiger partial charge in [0.1, 0.15) is 48.8 Å². The molecule has 1 amide bonds. The predicted molar refractivity (Wildman–Crippen MR) is 401 cm³/mol. The van der Waals surface area contributed by atoms with Crippen LogP contribution in [0.2, 0.25) is 0 Å². The summed E-state index contributed by atoms with van der Waals surface area (Å²) in [5.41, 5.74) is 0. The molecule has 0 spiro atoms. The maximum absolute atomic E-state index is 13.4. The second kappa shape index (κ2) is 67.4. The Kier molecular flexibility index (Phi) is 63.4. The lowest BCUT2D eigenvalue weighted by Gasteiger charge is -2.46. The van der Waals surface area contributed by atoms with E-state index in [1.54, 1.807) is 6.08 Å². The van der Waals surface area contributed by atoms with Crippen molar-refractivity contribution in [2.45, 2.75) is 466 Å². The quantitative estimate of drug-likeness (QED) is 0.0204. The summed E-state index contributed by atoms with van der Waals surface area (Å²) < 4.78 is 22.9. The molecule has 0 aromatic rings. The first kappa shape index (κ1) is 91.3. The molecule has 0 aliphatic carbocycles. The molecule has 2 saturated heterocycles. The summed E-state index contributed by atoms with van der Waals surface area (Å²) in [6.45, 7) is 2.85. The van der Waals surface area contributed by atoms with E-state index in [2.05, 4.69) is 43.5 Å². The zero-order chi connectivity index (χ0) is 70.1. The molecule has 14 heteroatoms. The summed E-state index contributed by atoms with van der Waals surface area (Å²) in [4.78, 5) is 13.4. The molecule has 14 nitrogen and oxygen atoms in total. The smallest absolute Gasteiger partial charge is 0.220 e. The van der Waals surface area contributed by atoms with E-state index < -0.39 is 86.8 Å². The molecule has 97 heavy (non-hydrogen) atoms. The van der Waals surface area contributed by atoms with E-state index in [1.165, 1.54) is 327 Å². The van der Waals surface area contributed by atoms with Crippen LogP contribution in [0.1, 0.15) is 393 Å². The second-order valence-corrected chi connectivity index (χ2v) is 29.6. The predicted octanol–water partition coefficient (Wildman–Crippen LogP) is 19.2. The number of nitrogens with one attached hydrogen (secondary N) is 1. The average Bonchev–Trinajstić information content (AvgIpc) is 0.793. The van der Waals surface area contributed by atoms with Gasteiger partial charge in [0, 0.05) is 6.42 Å². The summed E-state index contributed by atoms with van der Waals surface area (Å²) >= 11 is 0. The van der Waals surface area contributed by atoms with Gasteiger partial charge in [0.2, 0.25) is 5.91 Å². The Bertz CT molecular complexity index is 1770. The van der Waals surface area contributed by atoms with E-state index in [0.717, 1.165) is 32.1 Å². The number of rotatable bonds is 71. The molecule has 12 unspecified atom stereocenters. The number of carbonyl (C=O) groups excluding carboxylic acids is 1. The lowest BCUT2D eigenvalue weighted by molar-refractivity contribution is -0.359. The minimum absolute atomic E-state index is 0.240. The lowest BCUT2D eigenvalue weighted by atomic mass is 9.97. The fraction of sp³-hybridized carbons (Fsp3) is 0.916. The maximum atomic E-state index is 13.4. The molecule has 2 rings (SSSR count). The van der Waals surface area contributed by atoms with Gasteiger partial charge in [-0.25, -0.2) is 0 Å². The zero-order valence-corrected chi connectivity index (χ0v) is 62.9. The Balaban J connectivity index is 1.60. The van der Waals surface area contributed by atoms with Crippen molar-refractivity contribution >= 4 is 5.91 Å². The Hall–Kier alpha value is -1.79. The van der Waals surface area contributed by atoms with Gasteiger partial charge in [0.05, 0.1) is 32.0 Å². The second-order valence-electron chi connectivity index (χ2n) is 29.6. The highest BCUT2D eigenvalue weighted by Gasteiger charge is 2.51. The fourth-order valence-corrected chi connectivity index (χ4v) is 14.0. The van der Waals surface area contributed by atoms with E-state index in [1.807, 2.05) is 6.08 Å². The van der Waals surface area contributed by atoms with Gasteiger partial charge in [-0.05, 0) is 57.8 Å². The Morgan fingerprint density at radius 3 is 1.01 bits per heavy atom. The van der Waals surface area contributed by atoms with Crippen LogP contribution in [-0.4, -0.2) is 140 Å². The van der Waals surface area contributed by atoms with Crippen molar-refractivity contribution in [1.29, 1.82) is 0 Å². The van der Waals surface area contributed by atoms with E-state index in [-0.39, 0.29) is 18.9 Å². The minimum Gasteiger partial charge on any atom is -0.394 e. The largest absolute Gasteiger partial charge is 0.394 e. The van der Waals surface area contributed by atoms with Crippen LogP contribution < -0.4 is 5.32 Å². The summed E-state index contributed by atoms with van der Waals surface area (Å²) in [6, 6.07) is -0.932. The van der Waals surface area contributed by atoms with E-state index in [9.17, 15) is 45.6 Å². The van der Waals surface area contributed by atoms with Crippen LogP contribution in [0.15, 0.2) is 36.5 Å². The van der Waals surface area contributed by atoms with Crippen LogP contribution in [0, 0.1) is 0 Å². The molecule has 0 aromatic heterocycles. The highest BCUT2D eigenvalue weighted by Crippen LogP contribution is 2.30. The van der Waals surface area contributed by atoms with Gasteiger partial charge in [0.25, 0.3) is 0 Å². The number of carbonyl (C=O) groups is 1. The SMILES string of the molecule is CCCCCCCCCC/C=C\CCCCCCCCCCCCCCCCCCCCCCCCCC(=O)NC(COC1OC(CO)C(OC2OC(CO)C(O)C(O)C2O)C(O)C1O)C(O)/C=C/CC/C=C/CCCCCCCCCCCCCCCCCCCCCCCC. The summed E-state index contributed by atoms with van der Waals surface area (Å²) in [5, 5.41) is 87.7. The molecule has 2 aliphatic heterocycles. The Labute approximate surface area is 595 Å².